The largest absolute Gasteiger partial charge is 0.463 e. The predicted octanol–water partition coefficient (Wildman–Crippen LogP) is 0.136. The lowest BCUT2D eigenvalue weighted by molar-refractivity contribution is -0.144. The molecule has 0 unspecified atom stereocenters. The molecule has 9 heavy (non-hydrogen) atoms. The zero-order chi connectivity index (χ0) is 7.11. The van der Waals surface area contributed by atoms with Gasteiger partial charge in [0.2, 0.25) is 0 Å². The highest BCUT2D eigenvalue weighted by atomic mass is 16.5. The van der Waals surface area contributed by atoms with E-state index in [9.17, 15) is 4.79 Å². The van der Waals surface area contributed by atoms with Crippen molar-refractivity contribution in [3.63, 3.8) is 0 Å². The van der Waals surface area contributed by atoms with E-state index >= 15 is 0 Å². The molecule has 0 aromatic heterocycles. The van der Waals surface area contributed by atoms with E-state index in [1.165, 1.54) is 0 Å². The second-order valence-electron chi connectivity index (χ2n) is 1.55. The van der Waals surface area contributed by atoms with E-state index in [2.05, 4.69) is 11.7 Å². The van der Waals surface area contributed by atoms with E-state index in [0.717, 1.165) is 0 Å². The molecule has 0 aromatic carbocycles. The van der Waals surface area contributed by atoms with Gasteiger partial charge in [-0.05, 0) is 6.42 Å². The topological polar surface area (TPSA) is 46.5 Å². The van der Waals surface area contributed by atoms with Crippen LogP contribution in [0.5, 0.6) is 0 Å². The predicted molar refractivity (Wildman–Crippen MR) is 32.6 cm³/mol. The van der Waals surface area contributed by atoms with Crippen LogP contribution < -0.4 is 0 Å². The number of rotatable bonds is 4. The fourth-order valence-corrected chi connectivity index (χ4v) is 0.376. The van der Waals surface area contributed by atoms with E-state index in [4.69, 9.17) is 5.11 Å². The van der Waals surface area contributed by atoms with Gasteiger partial charge in [0.1, 0.15) is 6.61 Å². The normalized spacial score (nSPS) is 9.11. The zero-order valence-electron chi connectivity index (χ0n) is 5.30. The van der Waals surface area contributed by atoms with Crippen molar-refractivity contribution in [3.8, 4) is 0 Å². The highest BCUT2D eigenvalue weighted by Gasteiger charge is 1.97. The molecule has 3 nitrogen and oxygen atoms in total. The summed E-state index contributed by atoms with van der Waals surface area (Å²) in [5.41, 5.74) is 0. The van der Waals surface area contributed by atoms with Gasteiger partial charge in [0.25, 0.3) is 0 Å². The number of ether oxygens (including phenoxy) is 1. The molecule has 0 aliphatic heterocycles. The van der Waals surface area contributed by atoms with Gasteiger partial charge in [0, 0.05) is 6.42 Å². The van der Waals surface area contributed by atoms with Crippen molar-refractivity contribution in [2.45, 2.75) is 12.8 Å². The summed E-state index contributed by atoms with van der Waals surface area (Å²) in [5, 5.41) is 8.19. The smallest absolute Gasteiger partial charge is 0.305 e. The van der Waals surface area contributed by atoms with Crippen molar-refractivity contribution >= 4 is 5.97 Å². The van der Waals surface area contributed by atoms with Gasteiger partial charge in [0.15, 0.2) is 0 Å². The number of carbonyl (C=O) groups is 1. The number of aliphatic hydroxyl groups is 1. The number of aliphatic hydroxyl groups excluding tert-OH is 1. The molecule has 0 rings (SSSR count). The van der Waals surface area contributed by atoms with Gasteiger partial charge in [-0.3, -0.25) is 4.79 Å². The molecule has 0 aromatic rings. The Morgan fingerprint density at radius 3 is 2.78 bits per heavy atom. The van der Waals surface area contributed by atoms with Crippen molar-refractivity contribution in [2.24, 2.45) is 0 Å². The van der Waals surface area contributed by atoms with Gasteiger partial charge < -0.3 is 9.84 Å². The third-order valence-electron chi connectivity index (χ3n) is 0.735. The first-order valence-corrected chi connectivity index (χ1v) is 2.87. The number of hydrogen-bond donors (Lipinski definition) is 1. The maximum absolute atomic E-state index is 10.4. The van der Waals surface area contributed by atoms with Crippen molar-refractivity contribution < 1.29 is 14.6 Å². The summed E-state index contributed by atoms with van der Waals surface area (Å²) in [6.45, 7) is 3.46. The lowest BCUT2D eigenvalue weighted by atomic mass is 10.3. The molecule has 0 aliphatic rings. The van der Waals surface area contributed by atoms with E-state index in [1.54, 1.807) is 0 Å². The molecule has 0 amide bonds. The summed E-state index contributed by atoms with van der Waals surface area (Å²) in [6, 6.07) is 0. The molecule has 0 fully saturated rings. The Balaban J connectivity index is 3.06. The summed E-state index contributed by atoms with van der Waals surface area (Å²) in [6.07, 6.45) is 0.879. The molecule has 0 aliphatic carbocycles. The SMILES string of the molecule is [CH2]CCC(=O)OCCO. The third kappa shape index (κ3) is 5.30. The van der Waals surface area contributed by atoms with Crippen LogP contribution in [-0.2, 0) is 9.53 Å². The Morgan fingerprint density at radius 2 is 2.33 bits per heavy atom. The first-order valence-electron chi connectivity index (χ1n) is 2.87. The monoisotopic (exact) mass is 131 g/mol. The quantitative estimate of drug-likeness (QED) is 0.552. The summed E-state index contributed by atoms with van der Waals surface area (Å²) >= 11 is 0. The first kappa shape index (κ1) is 8.43. The third-order valence-corrected chi connectivity index (χ3v) is 0.735. The maximum Gasteiger partial charge on any atom is 0.305 e. The average Bonchev–Trinajstić information content (AvgIpc) is 1.85. The molecule has 1 radical (unpaired) electrons. The minimum atomic E-state index is -0.293. The average molecular weight is 131 g/mol. The lowest BCUT2D eigenvalue weighted by Crippen LogP contribution is -2.07. The zero-order valence-corrected chi connectivity index (χ0v) is 5.30. The number of esters is 1. The Morgan fingerprint density at radius 1 is 1.67 bits per heavy atom. The van der Waals surface area contributed by atoms with Crippen LogP contribution in [0.1, 0.15) is 12.8 Å². The van der Waals surface area contributed by atoms with Crippen LogP contribution in [0.4, 0.5) is 0 Å². The Kier molecular flexibility index (Phi) is 5.21. The summed E-state index contributed by atoms with van der Waals surface area (Å²) in [4.78, 5) is 10.4. The van der Waals surface area contributed by atoms with Crippen molar-refractivity contribution in [1.29, 1.82) is 0 Å². The summed E-state index contributed by atoms with van der Waals surface area (Å²) in [7, 11) is 0. The van der Waals surface area contributed by atoms with Gasteiger partial charge in [-0.15, -0.1) is 0 Å². The second-order valence-corrected chi connectivity index (χ2v) is 1.55. The summed E-state index contributed by atoms with van der Waals surface area (Å²) in [5.74, 6) is -0.293. The van der Waals surface area contributed by atoms with Crippen LogP contribution in [0.15, 0.2) is 0 Å². The van der Waals surface area contributed by atoms with E-state index < -0.39 is 0 Å². The highest BCUT2D eigenvalue weighted by molar-refractivity contribution is 5.69. The molecule has 1 N–H and O–H groups in total. The van der Waals surface area contributed by atoms with Crippen LogP contribution in [0, 0.1) is 6.92 Å². The van der Waals surface area contributed by atoms with Gasteiger partial charge in [0.05, 0.1) is 6.61 Å². The highest BCUT2D eigenvalue weighted by Crippen LogP contribution is 1.88. The molecule has 0 bridgehead atoms. The van der Waals surface area contributed by atoms with Crippen molar-refractivity contribution in [1.82, 2.24) is 0 Å². The Labute approximate surface area is 54.6 Å². The fraction of sp³-hybridized carbons (Fsp3) is 0.667. The molecule has 0 saturated heterocycles. The minimum absolute atomic E-state index is 0.0961. The lowest BCUT2D eigenvalue weighted by Gasteiger charge is -1.98. The van der Waals surface area contributed by atoms with Gasteiger partial charge in [-0.1, -0.05) is 6.92 Å². The van der Waals surface area contributed by atoms with Crippen molar-refractivity contribution in [3.05, 3.63) is 6.92 Å². The van der Waals surface area contributed by atoms with E-state index in [0.29, 0.717) is 12.8 Å². The molecule has 0 saturated carbocycles. The minimum Gasteiger partial charge on any atom is -0.463 e. The summed E-state index contributed by atoms with van der Waals surface area (Å²) < 4.78 is 4.50. The van der Waals surface area contributed by atoms with Crippen LogP contribution in [0.3, 0.4) is 0 Å². The molecular formula is C6H11O3. The van der Waals surface area contributed by atoms with E-state index in [-0.39, 0.29) is 19.2 Å². The van der Waals surface area contributed by atoms with Crippen LogP contribution in [0.25, 0.3) is 0 Å². The first-order chi connectivity index (χ1) is 4.31. The Hall–Kier alpha value is -0.570. The Bertz CT molecular complexity index is 80.4. The van der Waals surface area contributed by atoms with Crippen LogP contribution in [0.2, 0.25) is 0 Å². The molecule has 3 heteroatoms. The fourth-order valence-electron chi connectivity index (χ4n) is 0.376. The second kappa shape index (κ2) is 5.56. The standard InChI is InChI=1S/C6H11O3/c1-2-3-6(8)9-5-4-7/h7H,1-5H2. The van der Waals surface area contributed by atoms with Gasteiger partial charge in [-0.25, -0.2) is 0 Å². The molecule has 53 valence electrons. The van der Waals surface area contributed by atoms with Crippen molar-refractivity contribution in [2.75, 3.05) is 13.2 Å². The van der Waals surface area contributed by atoms with Gasteiger partial charge >= 0.3 is 5.97 Å². The van der Waals surface area contributed by atoms with Crippen LogP contribution >= 0.6 is 0 Å². The molecule has 0 atom stereocenters. The van der Waals surface area contributed by atoms with E-state index in [1.807, 2.05) is 0 Å². The maximum atomic E-state index is 10.4. The number of hydrogen-bond acceptors (Lipinski definition) is 3. The molecule has 0 heterocycles. The molecule has 0 spiro atoms. The van der Waals surface area contributed by atoms with Crippen LogP contribution in [-0.4, -0.2) is 24.3 Å². The molecular weight excluding hydrogens is 120 g/mol. The number of carbonyl (C=O) groups excluding carboxylic acids is 1. The van der Waals surface area contributed by atoms with Gasteiger partial charge in [-0.2, -0.15) is 0 Å².